The van der Waals surface area contributed by atoms with Crippen LogP contribution in [0.4, 0.5) is 4.39 Å². The number of benzene rings is 2. The highest BCUT2D eigenvalue weighted by Gasteiger charge is 2.44. The molecule has 1 amide bonds. The Bertz CT molecular complexity index is 847. The third kappa shape index (κ3) is 3.53. The Morgan fingerprint density at radius 2 is 1.63 bits per heavy atom. The molecule has 4 rings (SSSR count). The minimum Gasteiger partial charge on any atom is -0.333 e. The van der Waals surface area contributed by atoms with Crippen LogP contribution in [0.2, 0.25) is 0 Å². The van der Waals surface area contributed by atoms with Crippen molar-refractivity contribution >= 4 is 11.7 Å². The maximum atomic E-state index is 13.3. The van der Waals surface area contributed by atoms with Crippen LogP contribution >= 0.6 is 0 Å². The first-order valence-corrected chi connectivity index (χ1v) is 9.68. The van der Waals surface area contributed by atoms with Crippen molar-refractivity contribution in [2.24, 2.45) is 0 Å². The number of halogens is 1. The molecule has 140 valence electrons. The van der Waals surface area contributed by atoms with Gasteiger partial charge in [0.1, 0.15) is 11.6 Å². The van der Waals surface area contributed by atoms with E-state index in [-0.39, 0.29) is 29.6 Å². The van der Waals surface area contributed by atoms with E-state index >= 15 is 0 Å². The summed E-state index contributed by atoms with van der Waals surface area (Å²) in [6, 6.07) is 14.7. The minimum atomic E-state index is -0.212. The highest BCUT2D eigenvalue weighted by Crippen LogP contribution is 2.43. The van der Waals surface area contributed by atoms with Crippen molar-refractivity contribution in [2.75, 3.05) is 0 Å². The molecule has 2 aliphatic heterocycles. The van der Waals surface area contributed by atoms with Crippen LogP contribution in [-0.2, 0) is 11.2 Å². The van der Waals surface area contributed by atoms with Crippen molar-refractivity contribution in [3.8, 4) is 0 Å². The summed E-state index contributed by atoms with van der Waals surface area (Å²) < 4.78 is 13.2. The maximum absolute atomic E-state index is 13.3. The molecule has 0 N–H and O–H groups in total. The summed E-state index contributed by atoms with van der Waals surface area (Å²) in [7, 11) is 0. The molecule has 2 saturated heterocycles. The number of carbonyl (C=O) groups is 2. The van der Waals surface area contributed by atoms with E-state index in [0.717, 1.165) is 36.8 Å². The third-order valence-corrected chi connectivity index (χ3v) is 6.00. The second-order valence-corrected chi connectivity index (χ2v) is 7.85. The fourth-order valence-electron chi connectivity index (χ4n) is 4.81. The second-order valence-electron chi connectivity index (χ2n) is 7.85. The van der Waals surface area contributed by atoms with E-state index in [0.29, 0.717) is 17.9 Å². The van der Waals surface area contributed by atoms with Crippen LogP contribution in [0.25, 0.3) is 0 Å². The van der Waals surface area contributed by atoms with Crippen molar-refractivity contribution in [2.45, 2.75) is 57.0 Å². The molecule has 4 heteroatoms. The standard InChI is InChI=1S/C23H24FNO2/c1-15(26)12-17-4-2-3-5-22(17)23(27)25-20-10-11-21(25)14-18(13-20)16-6-8-19(24)9-7-16/h2-9,18,20-21H,10-14H2,1H3/t18?,20-,21+. The molecular formula is C23H24FNO2. The van der Waals surface area contributed by atoms with Gasteiger partial charge in [0.2, 0.25) is 0 Å². The van der Waals surface area contributed by atoms with Crippen molar-refractivity contribution in [3.05, 3.63) is 71.0 Å². The van der Waals surface area contributed by atoms with Crippen LogP contribution in [0.3, 0.4) is 0 Å². The molecule has 2 aliphatic rings. The Balaban J connectivity index is 1.56. The topological polar surface area (TPSA) is 37.4 Å². The molecule has 3 atom stereocenters. The van der Waals surface area contributed by atoms with Gasteiger partial charge in [-0.25, -0.2) is 4.39 Å². The smallest absolute Gasteiger partial charge is 0.254 e. The quantitative estimate of drug-likeness (QED) is 0.799. The van der Waals surface area contributed by atoms with E-state index in [9.17, 15) is 14.0 Å². The van der Waals surface area contributed by atoms with Gasteiger partial charge in [0, 0.05) is 24.1 Å². The van der Waals surface area contributed by atoms with E-state index in [2.05, 4.69) is 4.90 Å². The average molecular weight is 365 g/mol. The number of ketones is 1. The fourth-order valence-corrected chi connectivity index (χ4v) is 4.81. The lowest BCUT2D eigenvalue weighted by Gasteiger charge is -2.39. The molecule has 3 nitrogen and oxygen atoms in total. The summed E-state index contributed by atoms with van der Waals surface area (Å²) in [5.74, 6) is 0.279. The molecule has 1 unspecified atom stereocenters. The van der Waals surface area contributed by atoms with Crippen LogP contribution in [0, 0.1) is 5.82 Å². The lowest BCUT2D eigenvalue weighted by molar-refractivity contribution is -0.116. The van der Waals surface area contributed by atoms with E-state index in [4.69, 9.17) is 0 Å². The summed E-state index contributed by atoms with van der Waals surface area (Å²) in [6.45, 7) is 1.55. The number of piperidine rings is 1. The van der Waals surface area contributed by atoms with Gasteiger partial charge in [-0.3, -0.25) is 9.59 Å². The first-order valence-electron chi connectivity index (χ1n) is 9.68. The van der Waals surface area contributed by atoms with Gasteiger partial charge >= 0.3 is 0 Å². The number of nitrogens with zero attached hydrogens (tertiary/aromatic N) is 1. The molecule has 0 aromatic heterocycles. The van der Waals surface area contributed by atoms with Crippen LogP contribution in [0.15, 0.2) is 48.5 Å². The van der Waals surface area contributed by atoms with Gasteiger partial charge in [-0.1, -0.05) is 30.3 Å². The first-order chi connectivity index (χ1) is 13.0. The number of amides is 1. The zero-order valence-electron chi connectivity index (χ0n) is 15.5. The number of hydrogen-bond acceptors (Lipinski definition) is 2. The fraction of sp³-hybridized carbons (Fsp3) is 0.391. The Kier molecular flexibility index (Phi) is 4.81. The zero-order valence-corrected chi connectivity index (χ0v) is 15.5. The molecule has 2 bridgehead atoms. The molecule has 2 fully saturated rings. The summed E-state index contributed by atoms with van der Waals surface area (Å²) in [4.78, 5) is 26.9. The molecular weight excluding hydrogens is 341 g/mol. The van der Waals surface area contributed by atoms with Gasteiger partial charge in [0.05, 0.1) is 0 Å². The van der Waals surface area contributed by atoms with E-state index in [1.54, 1.807) is 6.92 Å². The lowest BCUT2D eigenvalue weighted by Crippen LogP contribution is -2.46. The molecule has 0 saturated carbocycles. The van der Waals surface area contributed by atoms with Gasteiger partial charge in [-0.15, -0.1) is 0 Å². The molecule has 2 heterocycles. The molecule has 0 spiro atoms. The Morgan fingerprint density at radius 1 is 1.00 bits per heavy atom. The van der Waals surface area contributed by atoms with E-state index in [1.807, 2.05) is 36.4 Å². The Morgan fingerprint density at radius 3 is 2.26 bits per heavy atom. The summed E-state index contributed by atoms with van der Waals surface area (Å²) in [5, 5.41) is 0. The van der Waals surface area contributed by atoms with Crippen LogP contribution in [0.5, 0.6) is 0 Å². The van der Waals surface area contributed by atoms with Crippen molar-refractivity contribution in [1.29, 1.82) is 0 Å². The predicted octanol–water partition coefficient (Wildman–Crippen LogP) is 4.51. The first kappa shape index (κ1) is 17.9. The molecule has 2 aromatic rings. The number of hydrogen-bond donors (Lipinski definition) is 0. The highest BCUT2D eigenvalue weighted by molar-refractivity contribution is 5.97. The monoisotopic (exact) mass is 365 g/mol. The second kappa shape index (κ2) is 7.26. The summed E-state index contributed by atoms with van der Waals surface area (Å²) >= 11 is 0. The Labute approximate surface area is 159 Å². The Hall–Kier alpha value is -2.49. The van der Waals surface area contributed by atoms with Crippen molar-refractivity contribution in [3.63, 3.8) is 0 Å². The summed E-state index contributed by atoms with van der Waals surface area (Å²) in [5.41, 5.74) is 2.64. The number of rotatable bonds is 4. The van der Waals surface area contributed by atoms with Crippen LogP contribution < -0.4 is 0 Å². The molecule has 2 aromatic carbocycles. The SMILES string of the molecule is CC(=O)Cc1ccccc1C(=O)N1[C@@H]2CC[C@H]1CC(c1ccc(F)cc1)C2. The van der Waals surface area contributed by atoms with E-state index < -0.39 is 0 Å². The molecule has 0 radical (unpaired) electrons. The van der Waals surface area contributed by atoms with Crippen molar-refractivity contribution < 1.29 is 14.0 Å². The number of fused-ring (bicyclic) bond motifs is 2. The number of carbonyl (C=O) groups excluding carboxylic acids is 2. The van der Waals surface area contributed by atoms with E-state index in [1.165, 1.54) is 12.1 Å². The van der Waals surface area contributed by atoms with Crippen molar-refractivity contribution in [1.82, 2.24) is 4.90 Å². The summed E-state index contributed by atoms with van der Waals surface area (Å²) in [6.07, 6.45) is 4.17. The van der Waals surface area contributed by atoms with Gasteiger partial charge in [-0.2, -0.15) is 0 Å². The van der Waals surface area contributed by atoms with Crippen LogP contribution in [-0.4, -0.2) is 28.7 Å². The highest BCUT2D eigenvalue weighted by atomic mass is 19.1. The average Bonchev–Trinajstić information content (AvgIpc) is 2.91. The minimum absolute atomic E-state index is 0.0527. The van der Waals surface area contributed by atoms with Gasteiger partial charge in [0.25, 0.3) is 5.91 Å². The van der Waals surface area contributed by atoms with Gasteiger partial charge in [0.15, 0.2) is 0 Å². The van der Waals surface area contributed by atoms with Crippen LogP contribution in [0.1, 0.15) is 60.0 Å². The maximum Gasteiger partial charge on any atom is 0.254 e. The predicted molar refractivity (Wildman–Crippen MR) is 102 cm³/mol. The largest absolute Gasteiger partial charge is 0.333 e. The number of Topliss-reactive ketones (excluding diaryl/α,β-unsaturated/α-hetero) is 1. The molecule has 0 aliphatic carbocycles. The van der Waals surface area contributed by atoms with Gasteiger partial charge in [-0.05, 0) is 67.9 Å². The van der Waals surface area contributed by atoms with Gasteiger partial charge < -0.3 is 4.90 Å². The normalized spacial score (nSPS) is 24.1. The zero-order chi connectivity index (χ0) is 19.0. The third-order valence-electron chi connectivity index (χ3n) is 6.00. The lowest BCUT2D eigenvalue weighted by atomic mass is 9.84. The molecule has 27 heavy (non-hydrogen) atoms.